The van der Waals surface area contributed by atoms with E-state index in [0.717, 1.165) is 36.6 Å². The van der Waals surface area contributed by atoms with Crippen LogP contribution >= 0.6 is 0 Å². The second-order valence-corrected chi connectivity index (χ2v) is 6.07. The van der Waals surface area contributed by atoms with E-state index < -0.39 is 11.9 Å². The molecule has 0 amide bonds. The van der Waals surface area contributed by atoms with Gasteiger partial charge in [0.05, 0.1) is 18.9 Å². The molecule has 3 N–H and O–H groups in total. The average Bonchev–Trinajstić information content (AvgIpc) is 2.67. The Kier molecular flexibility index (Phi) is 7.28. The van der Waals surface area contributed by atoms with Gasteiger partial charge in [-0.15, -0.1) is 0 Å². The molecule has 144 valence electrons. The van der Waals surface area contributed by atoms with Crippen LogP contribution in [0.25, 0.3) is 5.57 Å². The molecule has 0 saturated carbocycles. The van der Waals surface area contributed by atoms with Gasteiger partial charge in [-0.05, 0) is 31.1 Å². The summed E-state index contributed by atoms with van der Waals surface area (Å²) in [6, 6.07) is 3.05. The minimum absolute atomic E-state index is 0.215. The van der Waals surface area contributed by atoms with E-state index in [1.807, 2.05) is 6.08 Å². The molecule has 1 atom stereocenters. The predicted molar refractivity (Wildman–Crippen MR) is 105 cm³/mol. The Hall–Kier alpha value is -2.96. The Morgan fingerprint density at radius 3 is 2.78 bits per heavy atom. The van der Waals surface area contributed by atoms with Crippen LogP contribution in [-0.4, -0.2) is 23.3 Å². The highest BCUT2D eigenvalue weighted by Crippen LogP contribution is 2.31. The van der Waals surface area contributed by atoms with Gasteiger partial charge in [-0.1, -0.05) is 25.8 Å². The van der Waals surface area contributed by atoms with Crippen LogP contribution in [0.15, 0.2) is 30.6 Å². The molecule has 0 aliphatic heterocycles. The summed E-state index contributed by atoms with van der Waals surface area (Å²) in [5, 5.41) is 7.65. The van der Waals surface area contributed by atoms with Crippen LogP contribution in [0.1, 0.15) is 50.3 Å². The Bertz CT molecular complexity index is 824. The number of hydrogen-bond acceptors (Lipinski definition) is 6. The van der Waals surface area contributed by atoms with Crippen molar-refractivity contribution in [3.63, 3.8) is 0 Å². The third-order valence-electron chi connectivity index (χ3n) is 4.07. The maximum atomic E-state index is 13.6. The van der Waals surface area contributed by atoms with Gasteiger partial charge in [0.15, 0.2) is 11.6 Å². The number of unbranched alkanes of at least 4 members (excludes halogenated alkanes) is 2. The van der Waals surface area contributed by atoms with Crippen LogP contribution in [-0.2, 0) is 0 Å². The maximum absolute atomic E-state index is 13.6. The quantitative estimate of drug-likeness (QED) is 0.497. The van der Waals surface area contributed by atoms with Crippen molar-refractivity contribution in [3.8, 4) is 11.6 Å². The zero-order valence-electron chi connectivity index (χ0n) is 15.8. The number of aromatic nitrogens is 2. The highest BCUT2D eigenvalue weighted by atomic mass is 19.1. The first-order chi connectivity index (χ1) is 13.0. The summed E-state index contributed by atoms with van der Waals surface area (Å²) in [7, 11) is 1.46. The molecule has 0 spiro atoms. The molecule has 2 aromatic rings. The van der Waals surface area contributed by atoms with Gasteiger partial charge in [-0.3, -0.25) is 0 Å². The lowest BCUT2D eigenvalue weighted by molar-refractivity contribution is 0.219. The lowest BCUT2D eigenvalue weighted by atomic mass is 10.1. The molecule has 0 aromatic carbocycles. The fourth-order valence-electron chi connectivity index (χ4n) is 2.59. The topological polar surface area (TPSA) is 94.1 Å². The predicted octanol–water partition coefficient (Wildman–Crippen LogP) is 4.57. The first-order valence-electron chi connectivity index (χ1n) is 8.82. The number of nitrogens with one attached hydrogen (secondary N) is 1. The van der Waals surface area contributed by atoms with E-state index in [9.17, 15) is 4.39 Å². The van der Waals surface area contributed by atoms with Crippen molar-refractivity contribution in [1.82, 2.24) is 9.97 Å². The third-order valence-corrected chi connectivity index (χ3v) is 4.07. The van der Waals surface area contributed by atoms with Gasteiger partial charge >= 0.3 is 0 Å². The van der Waals surface area contributed by atoms with Gasteiger partial charge in [0.25, 0.3) is 0 Å². The summed E-state index contributed by atoms with van der Waals surface area (Å²) < 4.78 is 24.7. The van der Waals surface area contributed by atoms with Crippen LogP contribution in [0.2, 0.25) is 0 Å². The molecule has 0 saturated heterocycles. The van der Waals surface area contributed by atoms with Crippen LogP contribution < -0.4 is 15.2 Å². The summed E-state index contributed by atoms with van der Waals surface area (Å²) in [4.78, 5) is 8.09. The highest BCUT2D eigenvalue weighted by molar-refractivity contribution is 6.08. The molecule has 1 unspecified atom stereocenters. The molecule has 0 radical (unpaired) electrons. The maximum Gasteiger partial charge on any atom is 0.220 e. The van der Waals surface area contributed by atoms with Crippen LogP contribution in [0.3, 0.4) is 0 Å². The minimum Gasteiger partial charge on any atom is -0.482 e. The fourth-order valence-corrected chi connectivity index (χ4v) is 2.59. The number of nitrogens with zero attached hydrogens (tertiary/aromatic N) is 2. The van der Waals surface area contributed by atoms with Crippen molar-refractivity contribution in [1.29, 1.82) is 5.41 Å². The average molecular weight is 372 g/mol. The Morgan fingerprint density at radius 1 is 1.33 bits per heavy atom. The molecule has 0 fully saturated rings. The summed E-state index contributed by atoms with van der Waals surface area (Å²) in [6.07, 6.45) is 8.43. The molecule has 2 aromatic heterocycles. The van der Waals surface area contributed by atoms with E-state index in [-0.39, 0.29) is 11.7 Å². The third kappa shape index (κ3) is 5.26. The number of pyridine rings is 2. The van der Waals surface area contributed by atoms with Gasteiger partial charge < -0.3 is 20.6 Å². The fraction of sp³-hybridized carbons (Fsp3) is 0.350. The first-order valence-corrected chi connectivity index (χ1v) is 8.82. The number of nitrogen functional groups attached to an aromatic ring is 1. The van der Waals surface area contributed by atoms with E-state index in [1.54, 1.807) is 19.2 Å². The Balaban J connectivity index is 2.30. The Morgan fingerprint density at radius 2 is 2.11 bits per heavy atom. The molecular weight excluding hydrogens is 347 g/mol. The summed E-state index contributed by atoms with van der Waals surface area (Å²) in [5.41, 5.74) is 7.90. The molecule has 7 heteroatoms. The smallest absolute Gasteiger partial charge is 0.220 e. The van der Waals surface area contributed by atoms with E-state index in [2.05, 4.69) is 16.9 Å². The SMILES string of the molecule is CCCC/C=C(\C=N)c1cnc(N)c(OC(C)c2cc(F)cnc2OC)c1. The standard InChI is InChI=1S/C20H25FN4O2/c1-4-5-6-7-14(10-22)15-8-18(19(23)24-11-15)27-13(2)17-9-16(21)12-25-20(17)26-3/h7-13,22H,4-6H2,1-3H3,(H2,23,24)/b14-7+,22-10?. The van der Waals surface area contributed by atoms with E-state index >= 15 is 0 Å². The van der Waals surface area contributed by atoms with Gasteiger partial charge in [-0.25, -0.2) is 14.4 Å². The van der Waals surface area contributed by atoms with E-state index in [4.69, 9.17) is 20.6 Å². The number of methoxy groups -OCH3 is 1. The zero-order valence-corrected chi connectivity index (χ0v) is 15.8. The van der Waals surface area contributed by atoms with Gasteiger partial charge in [0.2, 0.25) is 5.88 Å². The second kappa shape index (κ2) is 9.66. The van der Waals surface area contributed by atoms with Crippen molar-refractivity contribution in [2.75, 3.05) is 12.8 Å². The van der Waals surface area contributed by atoms with Crippen LogP contribution in [0.5, 0.6) is 11.6 Å². The number of halogens is 1. The monoisotopic (exact) mass is 372 g/mol. The number of allylic oxidation sites excluding steroid dienone is 2. The molecule has 0 aliphatic rings. The summed E-state index contributed by atoms with van der Waals surface area (Å²) in [5.74, 6) is 0.374. The van der Waals surface area contributed by atoms with E-state index in [0.29, 0.717) is 11.3 Å². The molecular formula is C20H25FN4O2. The normalized spacial score (nSPS) is 12.5. The molecule has 0 aliphatic carbocycles. The largest absolute Gasteiger partial charge is 0.482 e. The van der Waals surface area contributed by atoms with Crippen molar-refractivity contribution >= 4 is 17.6 Å². The lowest BCUT2D eigenvalue weighted by Crippen LogP contribution is -2.09. The number of ether oxygens (including phenoxy) is 2. The lowest BCUT2D eigenvalue weighted by Gasteiger charge is -2.18. The minimum atomic E-state index is -0.560. The summed E-state index contributed by atoms with van der Waals surface area (Å²) >= 11 is 0. The molecule has 6 nitrogen and oxygen atoms in total. The summed E-state index contributed by atoms with van der Waals surface area (Å²) in [6.45, 7) is 3.87. The number of nitrogens with two attached hydrogens (primary N) is 1. The van der Waals surface area contributed by atoms with Gasteiger partial charge in [-0.2, -0.15) is 0 Å². The van der Waals surface area contributed by atoms with Crippen molar-refractivity contribution in [3.05, 3.63) is 47.5 Å². The number of anilines is 1. The molecule has 0 bridgehead atoms. The van der Waals surface area contributed by atoms with Crippen LogP contribution in [0.4, 0.5) is 10.2 Å². The second-order valence-electron chi connectivity index (χ2n) is 6.07. The first kappa shape index (κ1) is 20.4. The van der Waals surface area contributed by atoms with Crippen LogP contribution in [0, 0.1) is 11.2 Å². The van der Waals surface area contributed by atoms with Crippen molar-refractivity contribution in [2.24, 2.45) is 0 Å². The zero-order chi connectivity index (χ0) is 19.8. The number of rotatable bonds is 9. The van der Waals surface area contributed by atoms with Gasteiger partial charge in [0, 0.05) is 18.0 Å². The number of hydrogen-bond donors (Lipinski definition) is 2. The van der Waals surface area contributed by atoms with Crippen molar-refractivity contribution < 1.29 is 13.9 Å². The Labute approximate surface area is 158 Å². The molecule has 2 heterocycles. The van der Waals surface area contributed by atoms with Gasteiger partial charge in [0.1, 0.15) is 11.9 Å². The van der Waals surface area contributed by atoms with Crippen molar-refractivity contribution in [2.45, 2.75) is 39.2 Å². The highest BCUT2D eigenvalue weighted by Gasteiger charge is 2.17. The molecule has 27 heavy (non-hydrogen) atoms. The van der Waals surface area contributed by atoms with E-state index in [1.165, 1.54) is 19.4 Å². The molecule has 2 rings (SSSR count).